The van der Waals surface area contributed by atoms with E-state index in [2.05, 4.69) is 5.10 Å². The Kier molecular flexibility index (Phi) is 5.65. The maximum Gasteiger partial charge on any atom is 0.248 e. The molecule has 1 aromatic carbocycles. The molecule has 140 valence electrons. The quantitative estimate of drug-likeness (QED) is 0.694. The molecule has 0 aliphatic heterocycles. The minimum Gasteiger partial charge on any atom is -0.394 e. The van der Waals surface area contributed by atoms with Gasteiger partial charge in [-0.05, 0) is 31.4 Å². The van der Waals surface area contributed by atoms with Gasteiger partial charge >= 0.3 is 0 Å². The summed E-state index contributed by atoms with van der Waals surface area (Å²) in [4.78, 5) is 15.9. The number of aromatic nitrogens is 3. The van der Waals surface area contributed by atoms with Crippen molar-refractivity contribution in [3.63, 3.8) is 0 Å². The Bertz CT molecular complexity index is 759. The summed E-state index contributed by atoms with van der Waals surface area (Å²) in [5, 5.41) is 13.9. The van der Waals surface area contributed by atoms with E-state index in [-0.39, 0.29) is 24.7 Å². The highest BCUT2D eigenvalue weighted by molar-refractivity contribution is 5.93. The Hall–Kier alpha value is -2.29. The molecule has 0 radical (unpaired) electrons. The summed E-state index contributed by atoms with van der Waals surface area (Å²) in [5.74, 6) is 1.10. The number of hydrogen-bond acceptors (Lipinski definition) is 6. The molecule has 1 aliphatic rings. The number of carbonyl (C=O) groups is 1. The van der Waals surface area contributed by atoms with Crippen LogP contribution in [-0.2, 0) is 11.3 Å². The molecule has 1 saturated carbocycles. The van der Waals surface area contributed by atoms with E-state index >= 15 is 0 Å². The number of amides is 1. The van der Waals surface area contributed by atoms with Gasteiger partial charge in [0, 0.05) is 30.2 Å². The summed E-state index contributed by atoms with van der Waals surface area (Å²) in [6.07, 6.45) is 2.62. The summed E-state index contributed by atoms with van der Waals surface area (Å²) >= 11 is 0. The van der Waals surface area contributed by atoms with Gasteiger partial charge in [-0.2, -0.15) is 5.10 Å². The van der Waals surface area contributed by atoms with Crippen LogP contribution in [-0.4, -0.2) is 51.6 Å². The van der Waals surface area contributed by atoms with Crippen molar-refractivity contribution in [1.82, 2.24) is 14.8 Å². The molecule has 1 aliphatic carbocycles. The molecule has 1 heterocycles. The molecule has 1 fully saturated rings. The normalized spacial score (nSPS) is 23.1. The lowest BCUT2D eigenvalue weighted by molar-refractivity contribution is 0.0478. The van der Waals surface area contributed by atoms with Gasteiger partial charge in [-0.1, -0.05) is 12.1 Å². The molecule has 3 atom stereocenters. The molecule has 0 unspecified atom stereocenters. The van der Waals surface area contributed by atoms with Crippen LogP contribution in [0.4, 0.5) is 0 Å². The molecule has 0 saturated heterocycles. The summed E-state index contributed by atoms with van der Waals surface area (Å²) < 4.78 is 7.18. The molecule has 8 nitrogen and oxygen atoms in total. The topological polar surface area (TPSA) is 129 Å². The standard InChI is InChI=1S/C18H25N5O3/c1-26-15-7-6-13(10-14(15)19)18-21-17(22-23(18)8-9-24)12-4-2-11(3-5-12)16(20)25/h2-5,13-15,24H,6-10,19H2,1H3,(H2,20,25)/t13-,14+,15+/m0/s1. The minimum atomic E-state index is -0.472. The minimum absolute atomic E-state index is 0.0180. The van der Waals surface area contributed by atoms with Gasteiger partial charge < -0.3 is 21.3 Å². The number of rotatable bonds is 6. The van der Waals surface area contributed by atoms with Gasteiger partial charge in [0.2, 0.25) is 5.91 Å². The average molecular weight is 359 g/mol. The van der Waals surface area contributed by atoms with Crippen LogP contribution >= 0.6 is 0 Å². The second-order valence-corrected chi connectivity index (χ2v) is 6.63. The highest BCUT2D eigenvalue weighted by Gasteiger charge is 2.32. The highest BCUT2D eigenvalue weighted by atomic mass is 16.5. The van der Waals surface area contributed by atoms with E-state index in [1.807, 2.05) is 0 Å². The number of carbonyl (C=O) groups excluding carboxylic acids is 1. The fourth-order valence-corrected chi connectivity index (χ4v) is 3.53. The first-order valence-corrected chi connectivity index (χ1v) is 8.77. The van der Waals surface area contributed by atoms with Gasteiger partial charge in [0.15, 0.2) is 5.82 Å². The maximum atomic E-state index is 11.2. The predicted molar refractivity (Wildman–Crippen MR) is 96.4 cm³/mol. The number of nitrogens with zero attached hydrogens (tertiary/aromatic N) is 3. The number of aliphatic hydroxyl groups excluding tert-OH is 1. The summed E-state index contributed by atoms with van der Waals surface area (Å²) in [5.41, 5.74) is 12.7. The number of aliphatic hydroxyl groups is 1. The molecular weight excluding hydrogens is 334 g/mol. The third-order valence-corrected chi connectivity index (χ3v) is 4.94. The van der Waals surface area contributed by atoms with Crippen molar-refractivity contribution >= 4 is 5.91 Å². The van der Waals surface area contributed by atoms with E-state index in [4.69, 9.17) is 21.2 Å². The molecule has 0 bridgehead atoms. The monoisotopic (exact) mass is 359 g/mol. The van der Waals surface area contributed by atoms with Crippen molar-refractivity contribution < 1.29 is 14.6 Å². The van der Waals surface area contributed by atoms with Gasteiger partial charge in [-0.3, -0.25) is 4.79 Å². The molecule has 3 rings (SSSR count). The Morgan fingerprint density at radius 3 is 2.65 bits per heavy atom. The van der Waals surface area contributed by atoms with Crippen molar-refractivity contribution in [2.75, 3.05) is 13.7 Å². The number of nitrogens with two attached hydrogens (primary N) is 2. The molecule has 5 N–H and O–H groups in total. The third-order valence-electron chi connectivity index (χ3n) is 4.94. The van der Waals surface area contributed by atoms with E-state index < -0.39 is 5.91 Å². The highest BCUT2D eigenvalue weighted by Crippen LogP contribution is 2.33. The zero-order valence-electron chi connectivity index (χ0n) is 14.8. The van der Waals surface area contributed by atoms with Gasteiger partial charge in [0.25, 0.3) is 0 Å². The van der Waals surface area contributed by atoms with Crippen LogP contribution in [0.15, 0.2) is 24.3 Å². The second-order valence-electron chi connectivity index (χ2n) is 6.63. The number of hydrogen-bond donors (Lipinski definition) is 3. The van der Waals surface area contributed by atoms with Crippen LogP contribution in [0.1, 0.15) is 41.4 Å². The van der Waals surface area contributed by atoms with Crippen LogP contribution in [0.25, 0.3) is 11.4 Å². The number of methoxy groups -OCH3 is 1. The van der Waals surface area contributed by atoms with Crippen molar-refractivity contribution in [3.05, 3.63) is 35.7 Å². The summed E-state index contributed by atoms with van der Waals surface area (Å²) in [7, 11) is 1.69. The molecular formula is C18H25N5O3. The van der Waals surface area contributed by atoms with Crippen molar-refractivity contribution in [1.29, 1.82) is 0 Å². The lowest BCUT2D eigenvalue weighted by Gasteiger charge is -2.32. The van der Waals surface area contributed by atoms with Gasteiger partial charge in [0.1, 0.15) is 5.82 Å². The van der Waals surface area contributed by atoms with Gasteiger partial charge in [-0.15, -0.1) is 0 Å². The molecule has 0 spiro atoms. The first-order valence-electron chi connectivity index (χ1n) is 8.77. The van der Waals surface area contributed by atoms with Crippen LogP contribution in [0.2, 0.25) is 0 Å². The number of primary amides is 1. The molecule has 2 aromatic rings. The largest absolute Gasteiger partial charge is 0.394 e. The van der Waals surface area contributed by atoms with E-state index in [0.29, 0.717) is 17.9 Å². The molecule has 8 heteroatoms. The van der Waals surface area contributed by atoms with E-state index in [1.165, 1.54) is 0 Å². The second kappa shape index (κ2) is 7.94. The lowest BCUT2D eigenvalue weighted by Crippen LogP contribution is -2.41. The lowest BCUT2D eigenvalue weighted by atomic mass is 9.83. The van der Waals surface area contributed by atoms with Crippen LogP contribution in [0.5, 0.6) is 0 Å². The summed E-state index contributed by atoms with van der Waals surface area (Å²) in [6.45, 7) is 0.358. The first-order chi connectivity index (χ1) is 12.5. The van der Waals surface area contributed by atoms with E-state index in [9.17, 15) is 9.90 Å². The Labute approximate surface area is 152 Å². The van der Waals surface area contributed by atoms with Crippen LogP contribution in [0, 0.1) is 0 Å². The van der Waals surface area contributed by atoms with Crippen molar-refractivity contribution in [3.8, 4) is 11.4 Å². The third kappa shape index (κ3) is 3.77. The summed E-state index contributed by atoms with van der Waals surface area (Å²) in [6, 6.07) is 6.82. The molecule has 1 amide bonds. The van der Waals surface area contributed by atoms with Crippen molar-refractivity contribution in [2.24, 2.45) is 11.5 Å². The SMILES string of the molecule is CO[C@@H]1CC[C@H](c2nc(-c3ccc(C(N)=O)cc3)nn2CCO)C[C@H]1N. The zero-order valence-corrected chi connectivity index (χ0v) is 14.8. The molecule has 26 heavy (non-hydrogen) atoms. The molecule has 1 aromatic heterocycles. The number of benzene rings is 1. The van der Waals surface area contributed by atoms with Crippen molar-refractivity contribution in [2.45, 2.75) is 43.9 Å². The van der Waals surface area contributed by atoms with Gasteiger partial charge in [-0.25, -0.2) is 9.67 Å². The Balaban J connectivity index is 1.87. The Morgan fingerprint density at radius 1 is 1.35 bits per heavy atom. The smallest absolute Gasteiger partial charge is 0.248 e. The predicted octanol–water partition coefficient (Wildman–Crippen LogP) is 0.646. The van der Waals surface area contributed by atoms with Crippen LogP contribution in [0.3, 0.4) is 0 Å². The fraction of sp³-hybridized carbons (Fsp3) is 0.500. The average Bonchev–Trinajstić information content (AvgIpc) is 3.06. The first kappa shape index (κ1) is 18.5. The maximum absolute atomic E-state index is 11.2. The zero-order chi connectivity index (χ0) is 18.7. The van der Waals surface area contributed by atoms with E-state index in [1.54, 1.807) is 36.1 Å². The van der Waals surface area contributed by atoms with Crippen LogP contribution < -0.4 is 11.5 Å². The van der Waals surface area contributed by atoms with E-state index in [0.717, 1.165) is 30.7 Å². The fourth-order valence-electron chi connectivity index (χ4n) is 3.53. The van der Waals surface area contributed by atoms with Gasteiger partial charge in [0.05, 0.1) is 19.3 Å². The number of ether oxygens (including phenoxy) is 1. The Morgan fingerprint density at radius 2 is 2.08 bits per heavy atom.